The second-order valence-electron chi connectivity index (χ2n) is 2.72. The second kappa shape index (κ2) is 3.11. The van der Waals surface area contributed by atoms with E-state index >= 15 is 0 Å². The van der Waals surface area contributed by atoms with E-state index in [1.54, 1.807) is 11.3 Å². The lowest BCUT2D eigenvalue weighted by Crippen LogP contribution is -1.73. The van der Waals surface area contributed by atoms with Crippen LogP contribution in [0.3, 0.4) is 0 Å². The van der Waals surface area contributed by atoms with Gasteiger partial charge in [0, 0.05) is 4.88 Å². The number of thiophene rings is 1. The standard InChI is InChI=1S/C11H9S/c1-9-7-8-12-11(9)10-5-3-2-4-6-10/h2-3,5-8H,1H3. The minimum Gasteiger partial charge on any atom is -0.144 e. The highest BCUT2D eigenvalue weighted by molar-refractivity contribution is 7.13. The molecular weight excluding hydrogens is 164 g/mol. The number of benzene rings is 1. The smallest absolute Gasteiger partial charge is 0.0372 e. The van der Waals surface area contributed by atoms with E-state index in [9.17, 15) is 0 Å². The molecule has 0 nitrogen and oxygen atoms in total. The van der Waals surface area contributed by atoms with Gasteiger partial charge in [-0.25, -0.2) is 0 Å². The lowest BCUT2D eigenvalue weighted by atomic mass is 10.1. The third kappa shape index (κ3) is 1.28. The Hall–Kier alpha value is -1.08. The van der Waals surface area contributed by atoms with Crippen molar-refractivity contribution in [1.82, 2.24) is 0 Å². The molecule has 1 aromatic heterocycles. The van der Waals surface area contributed by atoms with E-state index in [4.69, 9.17) is 0 Å². The third-order valence-electron chi connectivity index (χ3n) is 1.83. The van der Waals surface area contributed by atoms with Crippen molar-refractivity contribution in [1.29, 1.82) is 0 Å². The summed E-state index contributed by atoms with van der Waals surface area (Å²) in [5.41, 5.74) is 2.62. The molecule has 0 saturated carbocycles. The van der Waals surface area contributed by atoms with Gasteiger partial charge in [-0.2, -0.15) is 0 Å². The van der Waals surface area contributed by atoms with Gasteiger partial charge in [-0.15, -0.1) is 11.3 Å². The third-order valence-corrected chi connectivity index (χ3v) is 2.90. The van der Waals surface area contributed by atoms with Gasteiger partial charge in [-0.05, 0) is 41.6 Å². The highest BCUT2D eigenvalue weighted by atomic mass is 32.1. The van der Waals surface area contributed by atoms with Gasteiger partial charge in [0.05, 0.1) is 0 Å². The van der Waals surface area contributed by atoms with Crippen molar-refractivity contribution in [2.24, 2.45) is 0 Å². The number of rotatable bonds is 1. The Morgan fingerprint density at radius 1 is 1.33 bits per heavy atom. The van der Waals surface area contributed by atoms with Crippen molar-refractivity contribution >= 4 is 11.3 Å². The van der Waals surface area contributed by atoms with Gasteiger partial charge in [0.2, 0.25) is 0 Å². The van der Waals surface area contributed by atoms with Crippen LogP contribution >= 0.6 is 11.3 Å². The molecule has 1 radical (unpaired) electrons. The number of aryl methyl sites for hydroxylation is 1. The molecule has 0 aliphatic rings. The molecule has 59 valence electrons. The summed E-state index contributed by atoms with van der Waals surface area (Å²) >= 11 is 1.78. The van der Waals surface area contributed by atoms with Gasteiger partial charge in [-0.3, -0.25) is 0 Å². The summed E-state index contributed by atoms with van der Waals surface area (Å²) in [7, 11) is 0. The summed E-state index contributed by atoms with van der Waals surface area (Å²) < 4.78 is 0. The van der Waals surface area contributed by atoms with Gasteiger partial charge < -0.3 is 0 Å². The maximum Gasteiger partial charge on any atom is 0.0372 e. The molecular formula is C11H9S. The monoisotopic (exact) mass is 173 g/mol. The Bertz CT molecular complexity index is 360. The van der Waals surface area contributed by atoms with E-state index in [0.29, 0.717) is 0 Å². The molecule has 1 heterocycles. The first-order chi connectivity index (χ1) is 5.88. The molecule has 0 N–H and O–H groups in total. The summed E-state index contributed by atoms with van der Waals surface area (Å²) in [6.07, 6.45) is 0. The van der Waals surface area contributed by atoms with E-state index < -0.39 is 0 Å². The zero-order chi connectivity index (χ0) is 8.39. The van der Waals surface area contributed by atoms with Crippen molar-refractivity contribution in [3.05, 3.63) is 47.3 Å². The van der Waals surface area contributed by atoms with Crippen molar-refractivity contribution in [3.8, 4) is 10.4 Å². The van der Waals surface area contributed by atoms with Crippen molar-refractivity contribution in [2.75, 3.05) is 0 Å². The van der Waals surface area contributed by atoms with Crippen LogP contribution in [0.25, 0.3) is 10.4 Å². The first-order valence-electron chi connectivity index (χ1n) is 3.88. The Morgan fingerprint density at radius 3 is 2.83 bits per heavy atom. The highest BCUT2D eigenvalue weighted by Gasteiger charge is 2.00. The highest BCUT2D eigenvalue weighted by Crippen LogP contribution is 2.28. The van der Waals surface area contributed by atoms with E-state index in [0.717, 1.165) is 0 Å². The predicted molar refractivity (Wildman–Crippen MR) is 53.3 cm³/mol. The minimum atomic E-state index is 1.27. The summed E-state index contributed by atoms with van der Waals surface area (Å²) in [5, 5.41) is 2.12. The number of hydrogen-bond acceptors (Lipinski definition) is 1. The molecule has 0 unspecified atom stereocenters. The zero-order valence-corrected chi connectivity index (χ0v) is 7.69. The van der Waals surface area contributed by atoms with Crippen molar-refractivity contribution < 1.29 is 0 Å². The Balaban J connectivity index is 2.51. The molecule has 0 amide bonds. The van der Waals surface area contributed by atoms with Crippen molar-refractivity contribution in [2.45, 2.75) is 6.92 Å². The van der Waals surface area contributed by atoms with Crippen molar-refractivity contribution in [3.63, 3.8) is 0 Å². The lowest BCUT2D eigenvalue weighted by molar-refractivity contribution is 1.53. The maximum atomic E-state index is 3.08. The van der Waals surface area contributed by atoms with Crippen LogP contribution in [0, 0.1) is 13.0 Å². The average molecular weight is 173 g/mol. The Kier molecular flexibility index (Phi) is 1.96. The SMILES string of the molecule is Cc1ccsc1-c1c[c]ccc1. The molecule has 12 heavy (non-hydrogen) atoms. The molecule has 0 atom stereocenters. The maximum absolute atomic E-state index is 3.08. The molecule has 0 aliphatic heterocycles. The molecule has 2 rings (SSSR count). The average Bonchev–Trinajstić information content (AvgIpc) is 2.53. The lowest BCUT2D eigenvalue weighted by Gasteiger charge is -1.97. The molecule has 0 fully saturated rings. The first kappa shape index (κ1) is 7.56. The molecule has 2 aromatic rings. The van der Waals surface area contributed by atoms with Crippen LogP contribution in [0.2, 0.25) is 0 Å². The second-order valence-corrected chi connectivity index (χ2v) is 3.64. The van der Waals surface area contributed by atoms with E-state index in [1.807, 2.05) is 18.2 Å². The van der Waals surface area contributed by atoms with Crippen LogP contribution < -0.4 is 0 Å². The van der Waals surface area contributed by atoms with Crippen LogP contribution in [-0.4, -0.2) is 0 Å². The zero-order valence-electron chi connectivity index (χ0n) is 6.87. The van der Waals surface area contributed by atoms with Crippen LogP contribution in [0.1, 0.15) is 5.56 Å². The Morgan fingerprint density at radius 2 is 2.25 bits per heavy atom. The van der Waals surface area contributed by atoms with Gasteiger partial charge in [0.15, 0.2) is 0 Å². The summed E-state index contributed by atoms with van der Waals surface area (Å²) in [4.78, 5) is 1.35. The first-order valence-corrected chi connectivity index (χ1v) is 4.76. The molecule has 0 spiro atoms. The largest absolute Gasteiger partial charge is 0.144 e. The topological polar surface area (TPSA) is 0 Å². The van der Waals surface area contributed by atoms with E-state index in [2.05, 4.69) is 30.5 Å². The fourth-order valence-electron chi connectivity index (χ4n) is 1.20. The quantitative estimate of drug-likeness (QED) is 0.619. The fraction of sp³-hybridized carbons (Fsp3) is 0.0909. The molecule has 1 heteroatoms. The Labute approximate surface area is 76.5 Å². The molecule has 1 aromatic carbocycles. The van der Waals surface area contributed by atoms with E-state index in [1.165, 1.54) is 16.0 Å². The van der Waals surface area contributed by atoms with Gasteiger partial charge in [-0.1, -0.05) is 18.2 Å². The predicted octanol–water partition coefficient (Wildman–Crippen LogP) is 3.52. The summed E-state index contributed by atoms with van der Waals surface area (Å²) in [6.45, 7) is 2.14. The normalized spacial score (nSPS) is 10.1. The van der Waals surface area contributed by atoms with Crippen LogP contribution in [0.4, 0.5) is 0 Å². The van der Waals surface area contributed by atoms with Crippen LogP contribution in [0.5, 0.6) is 0 Å². The fourth-order valence-corrected chi connectivity index (χ4v) is 2.13. The summed E-state index contributed by atoms with van der Waals surface area (Å²) in [5.74, 6) is 0. The van der Waals surface area contributed by atoms with Gasteiger partial charge in [0.1, 0.15) is 0 Å². The summed E-state index contributed by atoms with van der Waals surface area (Å²) in [6, 6.07) is 13.3. The minimum absolute atomic E-state index is 1.27. The molecule has 0 aliphatic carbocycles. The van der Waals surface area contributed by atoms with Gasteiger partial charge >= 0.3 is 0 Å². The number of hydrogen-bond donors (Lipinski definition) is 0. The van der Waals surface area contributed by atoms with Crippen LogP contribution in [0.15, 0.2) is 35.7 Å². The molecule has 0 saturated heterocycles. The van der Waals surface area contributed by atoms with E-state index in [-0.39, 0.29) is 0 Å². The van der Waals surface area contributed by atoms with Crippen LogP contribution in [-0.2, 0) is 0 Å². The van der Waals surface area contributed by atoms with Gasteiger partial charge in [0.25, 0.3) is 0 Å². The molecule has 0 bridgehead atoms.